The normalized spacial score (nSPS) is 18.5. The SMILES string of the molecule is COc1ccc(N2C[C@H](C(=O)O[C@H](C)C(=O)Nc3ccc(N4CCOCC4)cc3)CC2=O)c(OC)c1. The van der Waals surface area contributed by atoms with Crippen molar-refractivity contribution in [2.75, 3.05) is 62.2 Å². The summed E-state index contributed by atoms with van der Waals surface area (Å²) >= 11 is 0. The number of ether oxygens (including phenoxy) is 4. The van der Waals surface area contributed by atoms with Gasteiger partial charge in [0.05, 0.1) is 39.0 Å². The Kier molecular flexibility index (Phi) is 7.94. The molecule has 10 heteroatoms. The highest BCUT2D eigenvalue weighted by Crippen LogP contribution is 2.36. The standard InChI is InChI=1S/C26H31N3O7/c1-17(25(31)27-19-4-6-20(7-5-19)28-10-12-35-13-11-28)36-26(32)18-14-24(30)29(16-18)22-9-8-21(33-2)15-23(22)34-3/h4-9,15,17-18H,10-14,16H2,1-3H3,(H,27,31)/t17-,18-/m1/s1. The summed E-state index contributed by atoms with van der Waals surface area (Å²) in [4.78, 5) is 41.7. The molecule has 0 bridgehead atoms. The average molecular weight is 498 g/mol. The van der Waals surface area contributed by atoms with E-state index in [2.05, 4.69) is 10.2 Å². The Morgan fingerprint density at radius 2 is 1.78 bits per heavy atom. The van der Waals surface area contributed by atoms with Gasteiger partial charge in [0.2, 0.25) is 5.91 Å². The molecule has 0 aromatic heterocycles. The number of esters is 1. The first kappa shape index (κ1) is 25.3. The fraction of sp³-hybridized carbons (Fsp3) is 0.423. The zero-order valence-corrected chi connectivity index (χ0v) is 20.7. The molecule has 2 aliphatic heterocycles. The molecule has 2 aromatic carbocycles. The lowest BCUT2D eigenvalue weighted by Gasteiger charge is -2.29. The van der Waals surface area contributed by atoms with E-state index in [0.717, 1.165) is 18.8 Å². The molecular weight excluding hydrogens is 466 g/mol. The van der Waals surface area contributed by atoms with Crippen LogP contribution >= 0.6 is 0 Å². The van der Waals surface area contributed by atoms with Crippen LogP contribution in [0.15, 0.2) is 42.5 Å². The molecule has 2 amide bonds. The second-order valence-electron chi connectivity index (χ2n) is 8.66. The number of rotatable bonds is 8. The molecule has 2 heterocycles. The van der Waals surface area contributed by atoms with Crippen molar-refractivity contribution in [3.05, 3.63) is 42.5 Å². The minimum absolute atomic E-state index is 0.00857. The van der Waals surface area contributed by atoms with Crippen molar-refractivity contribution in [1.82, 2.24) is 0 Å². The van der Waals surface area contributed by atoms with E-state index in [0.29, 0.717) is 36.1 Å². The van der Waals surface area contributed by atoms with Gasteiger partial charge in [-0.25, -0.2) is 0 Å². The summed E-state index contributed by atoms with van der Waals surface area (Å²) in [6.45, 7) is 4.68. The molecule has 0 aliphatic carbocycles. The quantitative estimate of drug-likeness (QED) is 0.555. The maximum Gasteiger partial charge on any atom is 0.312 e. The summed E-state index contributed by atoms with van der Waals surface area (Å²) in [6, 6.07) is 12.6. The lowest BCUT2D eigenvalue weighted by molar-refractivity contribution is -0.157. The van der Waals surface area contributed by atoms with Crippen LogP contribution in [0, 0.1) is 5.92 Å². The van der Waals surface area contributed by atoms with Gasteiger partial charge in [-0.3, -0.25) is 14.4 Å². The van der Waals surface area contributed by atoms with E-state index in [4.69, 9.17) is 18.9 Å². The molecule has 2 atom stereocenters. The van der Waals surface area contributed by atoms with Crippen molar-refractivity contribution in [1.29, 1.82) is 0 Å². The fourth-order valence-corrected chi connectivity index (χ4v) is 4.25. The van der Waals surface area contributed by atoms with Crippen LogP contribution in [-0.4, -0.2) is 71.0 Å². The van der Waals surface area contributed by atoms with Gasteiger partial charge in [-0.2, -0.15) is 0 Å². The summed E-state index contributed by atoms with van der Waals surface area (Å²) in [5.41, 5.74) is 2.21. The number of nitrogens with one attached hydrogen (secondary N) is 1. The number of amides is 2. The van der Waals surface area contributed by atoms with Gasteiger partial charge in [0.1, 0.15) is 11.5 Å². The Morgan fingerprint density at radius 1 is 1.06 bits per heavy atom. The van der Waals surface area contributed by atoms with Crippen LogP contribution in [0.4, 0.5) is 17.1 Å². The Labute approximate surface area is 210 Å². The molecule has 0 radical (unpaired) electrons. The molecule has 2 aromatic rings. The molecule has 192 valence electrons. The lowest BCUT2D eigenvalue weighted by atomic mass is 10.1. The molecular formula is C26H31N3O7. The minimum Gasteiger partial charge on any atom is -0.497 e. The topological polar surface area (TPSA) is 107 Å². The third-order valence-corrected chi connectivity index (χ3v) is 6.31. The van der Waals surface area contributed by atoms with Crippen molar-refractivity contribution < 1.29 is 33.3 Å². The Balaban J connectivity index is 1.32. The van der Waals surface area contributed by atoms with Crippen LogP contribution in [-0.2, 0) is 23.9 Å². The molecule has 0 unspecified atom stereocenters. The van der Waals surface area contributed by atoms with Gasteiger partial charge < -0.3 is 34.1 Å². The number of anilines is 3. The third-order valence-electron chi connectivity index (χ3n) is 6.31. The Hall–Kier alpha value is -3.79. The van der Waals surface area contributed by atoms with Crippen molar-refractivity contribution in [2.24, 2.45) is 5.92 Å². The third kappa shape index (κ3) is 5.71. The van der Waals surface area contributed by atoms with Crippen LogP contribution < -0.4 is 24.6 Å². The highest BCUT2D eigenvalue weighted by molar-refractivity contribution is 6.01. The molecule has 0 saturated carbocycles. The first-order valence-corrected chi connectivity index (χ1v) is 11.9. The molecule has 36 heavy (non-hydrogen) atoms. The van der Waals surface area contributed by atoms with Crippen LogP contribution in [0.25, 0.3) is 0 Å². The summed E-state index contributed by atoms with van der Waals surface area (Å²) in [5.74, 6) is -0.896. The molecule has 4 rings (SSSR count). The van der Waals surface area contributed by atoms with Gasteiger partial charge in [0.25, 0.3) is 5.91 Å². The molecule has 2 aliphatic rings. The van der Waals surface area contributed by atoms with E-state index < -0.39 is 23.9 Å². The van der Waals surface area contributed by atoms with Gasteiger partial charge in [-0.15, -0.1) is 0 Å². The summed E-state index contributed by atoms with van der Waals surface area (Å²) < 4.78 is 21.4. The average Bonchev–Trinajstić information content (AvgIpc) is 3.30. The van der Waals surface area contributed by atoms with Crippen LogP contribution in [0.2, 0.25) is 0 Å². The Bertz CT molecular complexity index is 1100. The fourth-order valence-electron chi connectivity index (χ4n) is 4.25. The van der Waals surface area contributed by atoms with E-state index in [1.54, 1.807) is 25.3 Å². The maximum absolute atomic E-state index is 12.8. The number of hydrogen-bond donors (Lipinski definition) is 1. The Morgan fingerprint density at radius 3 is 2.44 bits per heavy atom. The second kappa shape index (κ2) is 11.3. The molecule has 1 N–H and O–H groups in total. The van der Waals surface area contributed by atoms with Crippen molar-refractivity contribution in [3.8, 4) is 11.5 Å². The number of carbonyl (C=O) groups is 3. The van der Waals surface area contributed by atoms with Crippen molar-refractivity contribution in [3.63, 3.8) is 0 Å². The first-order chi connectivity index (χ1) is 17.4. The molecule has 10 nitrogen and oxygen atoms in total. The van der Waals surface area contributed by atoms with E-state index in [-0.39, 0.29) is 18.9 Å². The monoisotopic (exact) mass is 497 g/mol. The highest BCUT2D eigenvalue weighted by Gasteiger charge is 2.38. The van der Waals surface area contributed by atoms with Crippen LogP contribution in [0.3, 0.4) is 0 Å². The summed E-state index contributed by atoms with van der Waals surface area (Å²) in [5, 5.41) is 2.77. The van der Waals surface area contributed by atoms with E-state index in [1.807, 2.05) is 24.3 Å². The van der Waals surface area contributed by atoms with Gasteiger partial charge in [-0.1, -0.05) is 0 Å². The van der Waals surface area contributed by atoms with E-state index >= 15 is 0 Å². The second-order valence-corrected chi connectivity index (χ2v) is 8.66. The number of benzene rings is 2. The summed E-state index contributed by atoms with van der Waals surface area (Å²) in [7, 11) is 3.04. The maximum atomic E-state index is 12.8. The molecule has 0 spiro atoms. The number of methoxy groups -OCH3 is 2. The summed E-state index contributed by atoms with van der Waals surface area (Å²) in [6.07, 6.45) is -1.03. The number of hydrogen-bond acceptors (Lipinski definition) is 8. The minimum atomic E-state index is -1.02. The van der Waals surface area contributed by atoms with E-state index in [1.165, 1.54) is 18.9 Å². The smallest absolute Gasteiger partial charge is 0.312 e. The van der Waals surface area contributed by atoms with Crippen LogP contribution in [0.5, 0.6) is 11.5 Å². The van der Waals surface area contributed by atoms with E-state index in [9.17, 15) is 14.4 Å². The largest absolute Gasteiger partial charge is 0.497 e. The zero-order chi connectivity index (χ0) is 25.7. The highest BCUT2D eigenvalue weighted by atomic mass is 16.5. The first-order valence-electron chi connectivity index (χ1n) is 11.9. The van der Waals surface area contributed by atoms with Gasteiger partial charge in [0.15, 0.2) is 6.10 Å². The number of nitrogens with zero attached hydrogens (tertiary/aromatic N) is 2. The number of carbonyl (C=O) groups excluding carboxylic acids is 3. The molecule has 2 saturated heterocycles. The lowest BCUT2D eigenvalue weighted by Crippen LogP contribution is -2.36. The van der Waals surface area contributed by atoms with Crippen molar-refractivity contribution in [2.45, 2.75) is 19.4 Å². The zero-order valence-electron chi connectivity index (χ0n) is 20.7. The predicted molar refractivity (Wildman–Crippen MR) is 134 cm³/mol. The van der Waals surface area contributed by atoms with Crippen LogP contribution in [0.1, 0.15) is 13.3 Å². The predicted octanol–water partition coefficient (Wildman–Crippen LogP) is 2.46. The number of morpholine rings is 1. The van der Waals surface area contributed by atoms with Gasteiger partial charge >= 0.3 is 5.97 Å². The van der Waals surface area contributed by atoms with Gasteiger partial charge in [-0.05, 0) is 43.3 Å². The van der Waals surface area contributed by atoms with Crippen molar-refractivity contribution >= 4 is 34.8 Å². The molecule has 2 fully saturated rings. The van der Waals surface area contributed by atoms with Gasteiger partial charge in [0, 0.05) is 43.5 Å².